The lowest BCUT2D eigenvalue weighted by atomic mass is 9.97. The second-order valence-electron chi connectivity index (χ2n) is 7.11. The van der Waals surface area contributed by atoms with Crippen molar-refractivity contribution in [3.8, 4) is 0 Å². The van der Waals surface area contributed by atoms with Crippen LogP contribution in [-0.2, 0) is 25.6 Å². The largest absolute Gasteiger partial charge is 0.470 e. The molecule has 0 saturated carbocycles. The molecule has 1 aliphatic heterocycles. The third-order valence-corrected chi connectivity index (χ3v) is 5.20. The van der Waals surface area contributed by atoms with E-state index in [1.54, 1.807) is 10.7 Å². The minimum Gasteiger partial charge on any atom is -0.416 e. The number of piperidine rings is 1. The lowest BCUT2D eigenvalue weighted by Gasteiger charge is -2.31. The molecule has 27 heavy (non-hydrogen) atoms. The van der Waals surface area contributed by atoms with Crippen molar-refractivity contribution in [3.05, 3.63) is 39.5 Å². The molecule has 0 amide bonds. The van der Waals surface area contributed by atoms with Crippen molar-refractivity contribution in [1.29, 1.82) is 0 Å². The summed E-state index contributed by atoms with van der Waals surface area (Å²) >= 11 is 0. The van der Waals surface area contributed by atoms with Gasteiger partial charge in [-0.25, -0.2) is 4.68 Å². The van der Waals surface area contributed by atoms with Crippen LogP contribution in [0.1, 0.15) is 54.8 Å². The highest BCUT2D eigenvalue weighted by Crippen LogP contribution is 2.28. The number of fused-ring (bicyclic) bond motifs is 1. The lowest BCUT2D eigenvalue weighted by Crippen LogP contribution is -2.38. The van der Waals surface area contributed by atoms with E-state index in [-0.39, 0.29) is 24.0 Å². The van der Waals surface area contributed by atoms with Crippen LogP contribution in [0, 0.1) is 0 Å². The van der Waals surface area contributed by atoms with Gasteiger partial charge < -0.3 is 4.42 Å². The second kappa shape index (κ2) is 7.06. The molecule has 2 aromatic rings. The molecule has 0 N–H and O–H groups in total. The summed E-state index contributed by atoms with van der Waals surface area (Å²) in [4.78, 5) is 14.4. The summed E-state index contributed by atoms with van der Waals surface area (Å²) in [7, 11) is 0. The summed E-state index contributed by atoms with van der Waals surface area (Å²) in [6.45, 7) is 1.42. The van der Waals surface area contributed by atoms with Crippen LogP contribution in [0.2, 0.25) is 0 Å². The number of halogens is 3. The first-order valence-electron chi connectivity index (χ1n) is 9.14. The van der Waals surface area contributed by atoms with Gasteiger partial charge in [-0.2, -0.15) is 18.3 Å². The molecule has 0 spiro atoms. The van der Waals surface area contributed by atoms with Gasteiger partial charge in [0.1, 0.15) is 0 Å². The molecule has 146 valence electrons. The monoisotopic (exact) mass is 383 g/mol. The SMILES string of the molecule is O=c1cc2c(nn1C1CCN(Cc3nnc(C(F)(F)F)o3)CC1)CCCC2. The number of hydrogen-bond donors (Lipinski definition) is 0. The highest BCUT2D eigenvalue weighted by Gasteiger charge is 2.38. The van der Waals surface area contributed by atoms with Crippen LogP contribution in [0.3, 0.4) is 0 Å². The quantitative estimate of drug-likeness (QED) is 0.810. The molecule has 2 aliphatic rings. The zero-order chi connectivity index (χ0) is 19.0. The van der Waals surface area contributed by atoms with Crippen LogP contribution >= 0.6 is 0 Å². The molecule has 7 nitrogen and oxygen atoms in total. The van der Waals surface area contributed by atoms with E-state index >= 15 is 0 Å². The van der Waals surface area contributed by atoms with E-state index in [0.29, 0.717) is 25.9 Å². The van der Waals surface area contributed by atoms with Crippen molar-refractivity contribution in [2.24, 2.45) is 0 Å². The van der Waals surface area contributed by atoms with Gasteiger partial charge >= 0.3 is 12.1 Å². The predicted molar refractivity (Wildman–Crippen MR) is 88.0 cm³/mol. The maximum atomic E-state index is 12.5. The fraction of sp³-hybridized carbons (Fsp3) is 0.647. The molecule has 4 rings (SSSR count). The number of alkyl halides is 3. The topological polar surface area (TPSA) is 77.1 Å². The predicted octanol–water partition coefficient (Wildman–Crippen LogP) is 2.36. The third kappa shape index (κ3) is 3.90. The number of aryl methyl sites for hydroxylation is 2. The standard InChI is InChI=1S/C17H20F3N5O2/c18-17(19,20)16-22-21-14(27-16)10-24-7-5-12(6-8-24)25-15(26)9-11-3-1-2-4-13(11)23-25/h9,12H,1-8,10H2. The van der Waals surface area contributed by atoms with Gasteiger partial charge in [0.05, 0.1) is 18.3 Å². The maximum Gasteiger partial charge on any atom is 0.470 e. The van der Waals surface area contributed by atoms with Gasteiger partial charge in [-0.3, -0.25) is 9.69 Å². The summed E-state index contributed by atoms with van der Waals surface area (Å²) in [6, 6.07) is 1.72. The van der Waals surface area contributed by atoms with Gasteiger partial charge in [-0.1, -0.05) is 0 Å². The molecule has 10 heteroatoms. The van der Waals surface area contributed by atoms with E-state index in [4.69, 9.17) is 0 Å². The molecule has 1 fully saturated rings. The van der Waals surface area contributed by atoms with Crippen LogP contribution in [0.4, 0.5) is 13.2 Å². The molecular weight excluding hydrogens is 363 g/mol. The average molecular weight is 383 g/mol. The van der Waals surface area contributed by atoms with Gasteiger partial charge in [0, 0.05) is 19.2 Å². The number of nitrogens with zero attached hydrogens (tertiary/aromatic N) is 5. The Labute approximate surface area is 153 Å². The molecule has 2 aromatic heterocycles. The first-order valence-corrected chi connectivity index (χ1v) is 9.14. The third-order valence-electron chi connectivity index (χ3n) is 5.20. The Morgan fingerprint density at radius 1 is 1.15 bits per heavy atom. The minimum absolute atomic E-state index is 0.00870. The molecular formula is C17H20F3N5O2. The van der Waals surface area contributed by atoms with Gasteiger partial charge in [0.15, 0.2) is 0 Å². The van der Waals surface area contributed by atoms with E-state index in [2.05, 4.69) is 19.7 Å². The van der Waals surface area contributed by atoms with Crippen LogP contribution < -0.4 is 5.56 Å². The van der Waals surface area contributed by atoms with Crippen LogP contribution in [0.5, 0.6) is 0 Å². The first kappa shape index (κ1) is 18.1. The molecule has 0 unspecified atom stereocenters. The molecule has 1 aliphatic carbocycles. The number of likely N-dealkylation sites (tertiary alicyclic amines) is 1. The first-order chi connectivity index (χ1) is 12.9. The molecule has 0 radical (unpaired) electrons. The van der Waals surface area contributed by atoms with Crippen molar-refractivity contribution in [3.63, 3.8) is 0 Å². The van der Waals surface area contributed by atoms with E-state index in [9.17, 15) is 18.0 Å². The van der Waals surface area contributed by atoms with E-state index in [1.807, 2.05) is 4.90 Å². The second-order valence-corrected chi connectivity index (χ2v) is 7.11. The van der Waals surface area contributed by atoms with E-state index < -0.39 is 12.1 Å². The fourth-order valence-electron chi connectivity index (χ4n) is 3.78. The van der Waals surface area contributed by atoms with E-state index in [0.717, 1.165) is 36.9 Å². The van der Waals surface area contributed by atoms with E-state index in [1.165, 1.54) is 0 Å². The smallest absolute Gasteiger partial charge is 0.416 e. The van der Waals surface area contributed by atoms with Crippen molar-refractivity contribution in [2.45, 2.75) is 57.3 Å². The Balaban J connectivity index is 1.39. The highest BCUT2D eigenvalue weighted by atomic mass is 19.4. The average Bonchev–Trinajstić information content (AvgIpc) is 3.11. The van der Waals surface area contributed by atoms with Crippen molar-refractivity contribution in [2.75, 3.05) is 13.1 Å². The van der Waals surface area contributed by atoms with Gasteiger partial charge in [0.25, 0.3) is 5.56 Å². The minimum atomic E-state index is -4.63. The Morgan fingerprint density at radius 3 is 2.59 bits per heavy atom. The molecule has 0 atom stereocenters. The summed E-state index contributed by atoms with van der Waals surface area (Å²) < 4.78 is 43.9. The summed E-state index contributed by atoms with van der Waals surface area (Å²) in [5, 5.41) is 11.1. The number of hydrogen-bond acceptors (Lipinski definition) is 6. The maximum absolute atomic E-state index is 12.5. The normalized spacial score (nSPS) is 19.2. The van der Waals surface area contributed by atoms with Crippen molar-refractivity contribution in [1.82, 2.24) is 24.9 Å². The molecule has 0 bridgehead atoms. The summed E-state index contributed by atoms with van der Waals surface area (Å²) in [6.07, 6.45) is 0.798. The Bertz CT molecular complexity index is 868. The Kier molecular flexibility index (Phi) is 4.75. The Morgan fingerprint density at radius 2 is 1.89 bits per heavy atom. The summed E-state index contributed by atoms with van der Waals surface area (Å²) in [5.41, 5.74) is 2.02. The zero-order valence-electron chi connectivity index (χ0n) is 14.7. The molecule has 1 saturated heterocycles. The summed E-state index contributed by atoms with van der Waals surface area (Å²) in [5.74, 6) is -1.37. The fourth-order valence-corrected chi connectivity index (χ4v) is 3.78. The zero-order valence-corrected chi connectivity index (χ0v) is 14.7. The van der Waals surface area contributed by atoms with Crippen molar-refractivity contribution >= 4 is 0 Å². The lowest BCUT2D eigenvalue weighted by molar-refractivity contribution is -0.157. The number of aromatic nitrogens is 4. The van der Waals surface area contributed by atoms with Crippen LogP contribution in [0.15, 0.2) is 15.3 Å². The van der Waals surface area contributed by atoms with Gasteiger partial charge in [-0.15, -0.1) is 10.2 Å². The highest BCUT2D eigenvalue weighted by molar-refractivity contribution is 5.20. The van der Waals surface area contributed by atoms with Gasteiger partial charge in [-0.05, 0) is 44.1 Å². The number of rotatable bonds is 3. The van der Waals surface area contributed by atoms with Gasteiger partial charge in [0.2, 0.25) is 5.89 Å². The van der Waals surface area contributed by atoms with Crippen LogP contribution in [0.25, 0.3) is 0 Å². The van der Waals surface area contributed by atoms with Crippen LogP contribution in [-0.4, -0.2) is 38.0 Å². The molecule has 0 aromatic carbocycles. The van der Waals surface area contributed by atoms with Crippen molar-refractivity contribution < 1.29 is 17.6 Å². The molecule has 3 heterocycles. The Hall–Kier alpha value is -2.23.